The van der Waals surface area contributed by atoms with E-state index < -0.39 is 0 Å². The molecular formula is C20H27N3. The van der Waals surface area contributed by atoms with Crippen molar-refractivity contribution in [3.05, 3.63) is 52.8 Å². The van der Waals surface area contributed by atoms with Gasteiger partial charge in [-0.1, -0.05) is 29.8 Å². The maximum absolute atomic E-state index is 4.51. The molecule has 23 heavy (non-hydrogen) atoms. The van der Waals surface area contributed by atoms with E-state index in [0.717, 1.165) is 24.5 Å². The number of hydrogen-bond acceptors (Lipinski definition) is 2. The number of aromatic nitrogens is 2. The molecule has 0 aliphatic carbocycles. The Bertz CT molecular complexity index is 671. The molecule has 2 aliphatic rings. The number of hydrogen-bond donors (Lipinski definition) is 0. The highest BCUT2D eigenvalue weighted by Crippen LogP contribution is 2.43. The number of benzene rings is 1. The third-order valence-electron chi connectivity index (χ3n) is 5.90. The van der Waals surface area contributed by atoms with Crippen molar-refractivity contribution in [1.29, 1.82) is 0 Å². The van der Waals surface area contributed by atoms with Gasteiger partial charge in [0, 0.05) is 37.4 Å². The van der Waals surface area contributed by atoms with Crippen LogP contribution in [0.4, 0.5) is 0 Å². The molecule has 0 N–H and O–H groups in total. The van der Waals surface area contributed by atoms with Gasteiger partial charge in [0.05, 0.1) is 5.69 Å². The van der Waals surface area contributed by atoms with Crippen molar-refractivity contribution in [1.82, 2.24) is 14.7 Å². The average Bonchev–Trinajstić information content (AvgIpc) is 2.95. The van der Waals surface area contributed by atoms with Gasteiger partial charge >= 0.3 is 0 Å². The number of aryl methyl sites for hydroxylation is 3. The molecule has 2 saturated heterocycles. The molecule has 2 bridgehead atoms. The predicted molar refractivity (Wildman–Crippen MR) is 93.5 cm³/mol. The Morgan fingerprint density at radius 2 is 1.70 bits per heavy atom. The topological polar surface area (TPSA) is 21.1 Å². The minimum Gasteiger partial charge on any atom is -0.293 e. The van der Waals surface area contributed by atoms with Crippen LogP contribution in [0, 0.1) is 13.8 Å². The van der Waals surface area contributed by atoms with E-state index in [9.17, 15) is 0 Å². The van der Waals surface area contributed by atoms with Gasteiger partial charge in [0.2, 0.25) is 0 Å². The predicted octanol–water partition coefficient (Wildman–Crippen LogP) is 3.95. The van der Waals surface area contributed by atoms with E-state index in [1.807, 2.05) is 11.7 Å². The summed E-state index contributed by atoms with van der Waals surface area (Å²) in [5.74, 6) is 0.749. The Kier molecular flexibility index (Phi) is 3.76. The number of fused-ring (bicyclic) bond motifs is 2. The normalized spacial score (nSPS) is 27.5. The molecule has 0 saturated carbocycles. The summed E-state index contributed by atoms with van der Waals surface area (Å²) in [6.07, 6.45) is 7.57. The first-order valence-electron chi connectivity index (χ1n) is 8.91. The summed E-state index contributed by atoms with van der Waals surface area (Å²) in [6, 6.07) is 10.7. The highest BCUT2D eigenvalue weighted by molar-refractivity contribution is 5.26. The number of piperidine rings is 1. The lowest BCUT2D eigenvalue weighted by molar-refractivity contribution is 0.118. The minimum absolute atomic E-state index is 0.749. The molecule has 2 aliphatic heterocycles. The van der Waals surface area contributed by atoms with Crippen LogP contribution in [0.15, 0.2) is 30.5 Å². The molecule has 3 heteroatoms. The maximum atomic E-state index is 4.51. The van der Waals surface area contributed by atoms with E-state index in [1.54, 1.807) is 5.56 Å². The highest BCUT2D eigenvalue weighted by Gasteiger charge is 2.41. The molecule has 3 atom stereocenters. The Hall–Kier alpha value is -1.61. The summed E-state index contributed by atoms with van der Waals surface area (Å²) in [5, 5.41) is 4.51. The van der Waals surface area contributed by atoms with Gasteiger partial charge in [-0.05, 0) is 51.0 Å². The standard InChI is InChI=1S/C20H27N3/c1-14-4-6-16(7-5-14)17-10-19-8-9-20(11-17)23(19)13-18-12-22(3)21-15(18)2/h4-7,12,17,19-20H,8-11,13H2,1-3H3/t17?,19-,20+. The minimum atomic E-state index is 0.749. The van der Waals surface area contributed by atoms with E-state index in [1.165, 1.54) is 42.5 Å². The quantitative estimate of drug-likeness (QED) is 0.856. The lowest BCUT2D eigenvalue weighted by Crippen LogP contribution is -2.41. The van der Waals surface area contributed by atoms with Crippen LogP contribution in [-0.4, -0.2) is 26.8 Å². The largest absolute Gasteiger partial charge is 0.293 e. The summed E-state index contributed by atoms with van der Waals surface area (Å²) < 4.78 is 1.95. The van der Waals surface area contributed by atoms with Crippen LogP contribution in [0.1, 0.15) is 54.0 Å². The van der Waals surface area contributed by atoms with Crippen molar-refractivity contribution < 1.29 is 0 Å². The van der Waals surface area contributed by atoms with Crippen LogP contribution in [0.25, 0.3) is 0 Å². The molecule has 1 unspecified atom stereocenters. The van der Waals surface area contributed by atoms with E-state index in [4.69, 9.17) is 0 Å². The molecule has 0 radical (unpaired) electrons. The zero-order valence-corrected chi connectivity index (χ0v) is 14.5. The Balaban J connectivity index is 1.49. The summed E-state index contributed by atoms with van der Waals surface area (Å²) in [7, 11) is 2.02. The highest BCUT2D eigenvalue weighted by atomic mass is 15.3. The zero-order valence-electron chi connectivity index (χ0n) is 14.5. The van der Waals surface area contributed by atoms with Crippen LogP contribution in [-0.2, 0) is 13.6 Å². The summed E-state index contributed by atoms with van der Waals surface area (Å²) in [4.78, 5) is 2.76. The van der Waals surface area contributed by atoms with Gasteiger partial charge in [-0.2, -0.15) is 5.10 Å². The van der Waals surface area contributed by atoms with Crippen molar-refractivity contribution >= 4 is 0 Å². The molecule has 0 spiro atoms. The third-order valence-corrected chi connectivity index (χ3v) is 5.90. The smallest absolute Gasteiger partial charge is 0.0638 e. The van der Waals surface area contributed by atoms with Crippen LogP contribution in [0.5, 0.6) is 0 Å². The first kappa shape index (κ1) is 14.9. The second kappa shape index (κ2) is 5.79. The fourth-order valence-electron chi connectivity index (χ4n) is 4.64. The van der Waals surface area contributed by atoms with E-state index in [-0.39, 0.29) is 0 Å². The van der Waals surface area contributed by atoms with Gasteiger partial charge in [-0.15, -0.1) is 0 Å². The Labute approximate surface area is 139 Å². The van der Waals surface area contributed by atoms with Gasteiger partial charge in [0.1, 0.15) is 0 Å². The van der Waals surface area contributed by atoms with Gasteiger partial charge in [-0.25, -0.2) is 0 Å². The zero-order chi connectivity index (χ0) is 16.0. The molecule has 3 nitrogen and oxygen atoms in total. The average molecular weight is 309 g/mol. The molecule has 1 aromatic heterocycles. The van der Waals surface area contributed by atoms with Gasteiger partial charge < -0.3 is 0 Å². The Morgan fingerprint density at radius 3 is 2.26 bits per heavy atom. The summed E-state index contributed by atoms with van der Waals surface area (Å²) in [6.45, 7) is 5.39. The SMILES string of the molecule is Cc1ccc(C2C[C@H]3CC[C@@H](C2)N3Cc2cn(C)nc2C)cc1. The monoisotopic (exact) mass is 309 g/mol. The van der Waals surface area contributed by atoms with Gasteiger partial charge in [-0.3, -0.25) is 9.58 Å². The second-order valence-corrected chi connectivity index (χ2v) is 7.55. The van der Waals surface area contributed by atoms with Crippen LogP contribution in [0.2, 0.25) is 0 Å². The van der Waals surface area contributed by atoms with Crippen LogP contribution in [0.3, 0.4) is 0 Å². The molecule has 2 fully saturated rings. The van der Waals surface area contributed by atoms with Crippen LogP contribution >= 0.6 is 0 Å². The maximum Gasteiger partial charge on any atom is 0.0638 e. The summed E-state index contributed by atoms with van der Waals surface area (Å²) >= 11 is 0. The molecule has 0 amide bonds. The lowest BCUT2D eigenvalue weighted by Gasteiger charge is -2.39. The Morgan fingerprint density at radius 1 is 1.04 bits per heavy atom. The van der Waals surface area contributed by atoms with Crippen molar-refractivity contribution in [3.8, 4) is 0 Å². The molecule has 122 valence electrons. The molecule has 1 aromatic carbocycles. The number of rotatable bonds is 3. The van der Waals surface area contributed by atoms with E-state index in [2.05, 4.69) is 54.3 Å². The van der Waals surface area contributed by atoms with Crippen LogP contribution < -0.4 is 0 Å². The first-order chi connectivity index (χ1) is 11.1. The van der Waals surface area contributed by atoms with Gasteiger partial charge in [0.25, 0.3) is 0 Å². The van der Waals surface area contributed by atoms with Crippen molar-refractivity contribution in [3.63, 3.8) is 0 Å². The first-order valence-corrected chi connectivity index (χ1v) is 8.91. The van der Waals surface area contributed by atoms with E-state index >= 15 is 0 Å². The number of nitrogens with zero attached hydrogens (tertiary/aromatic N) is 3. The summed E-state index contributed by atoms with van der Waals surface area (Å²) in [5.41, 5.74) is 5.50. The van der Waals surface area contributed by atoms with Crippen molar-refractivity contribution in [2.24, 2.45) is 7.05 Å². The van der Waals surface area contributed by atoms with Gasteiger partial charge in [0.15, 0.2) is 0 Å². The fraction of sp³-hybridized carbons (Fsp3) is 0.550. The second-order valence-electron chi connectivity index (χ2n) is 7.55. The molecule has 3 heterocycles. The lowest BCUT2D eigenvalue weighted by atomic mass is 9.84. The molecular weight excluding hydrogens is 282 g/mol. The molecule has 4 rings (SSSR count). The third kappa shape index (κ3) is 2.83. The fourth-order valence-corrected chi connectivity index (χ4v) is 4.64. The van der Waals surface area contributed by atoms with Crippen molar-refractivity contribution in [2.75, 3.05) is 0 Å². The van der Waals surface area contributed by atoms with Crippen molar-refractivity contribution in [2.45, 2.75) is 64.1 Å². The van der Waals surface area contributed by atoms with E-state index in [0.29, 0.717) is 0 Å². The molecule has 2 aromatic rings.